The van der Waals surface area contributed by atoms with Gasteiger partial charge in [-0.25, -0.2) is 8.42 Å². The lowest BCUT2D eigenvalue weighted by atomic mass is 10.0. The van der Waals surface area contributed by atoms with Crippen molar-refractivity contribution in [2.75, 3.05) is 38.0 Å². The van der Waals surface area contributed by atoms with Crippen LogP contribution in [0.3, 0.4) is 0 Å². The Hall–Kier alpha value is -2.24. The summed E-state index contributed by atoms with van der Waals surface area (Å²) in [6.45, 7) is 4.40. The number of amides is 1. The maximum absolute atomic E-state index is 13.0. The van der Waals surface area contributed by atoms with Gasteiger partial charge in [0, 0.05) is 38.3 Å². The Labute approximate surface area is 176 Å². The molecule has 2 saturated heterocycles. The largest absolute Gasteiger partial charge is 0.377 e. The third kappa shape index (κ3) is 5.27. The van der Waals surface area contributed by atoms with Crippen LogP contribution < -0.4 is 11.1 Å². The monoisotopic (exact) mass is 439 g/mol. The van der Waals surface area contributed by atoms with Crippen LogP contribution in [0.25, 0.3) is 0 Å². The van der Waals surface area contributed by atoms with Crippen molar-refractivity contribution in [2.24, 2.45) is 11.7 Å². The average molecular weight is 440 g/mol. The fourth-order valence-electron chi connectivity index (χ4n) is 4.13. The normalized spacial score (nSPS) is 22.0. The summed E-state index contributed by atoms with van der Waals surface area (Å²) in [4.78, 5) is 24.0. The summed E-state index contributed by atoms with van der Waals surface area (Å²) in [6, 6.07) is 4.07. The van der Waals surface area contributed by atoms with Gasteiger partial charge in [-0.3, -0.25) is 19.8 Å². The molecule has 3 N–H and O–H groups in total. The zero-order valence-corrected chi connectivity index (χ0v) is 17.9. The fourth-order valence-corrected chi connectivity index (χ4v) is 5.75. The number of primary amides is 1. The third-order valence-electron chi connectivity index (χ3n) is 5.75. The number of nitrogens with two attached hydrogens (primary N) is 1. The molecule has 2 aliphatic rings. The van der Waals surface area contributed by atoms with E-state index in [2.05, 4.69) is 5.32 Å². The molecule has 0 spiro atoms. The van der Waals surface area contributed by atoms with E-state index in [1.807, 2.05) is 11.8 Å². The second-order valence-corrected chi connectivity index (χ2v) is 10.1. The molecule has 10 nitrogen and oxygen atoms in total. The van der Waals surface area contributed by atoms with Crippen LogP contribution in [0.15, 0.2) is 23.1 Å². The molecule has 1 aromatic rings. The number of sulfonamides is 1. The molecule has 2 heterocycles. The van der Waals surface area contributed by atoms with Crippen molar-refractivity contribution in [1.29, 1.82) is 0 Å². The summed E-state index contributed by atoms with van der Waals surface area (Å²) in [6.07, 6.45) is 3.18. The molecule has 3 rings (SSSR count). The number of carbonyl (C=O) groups is 1. The first-order valence-electron chi connectivity index (χ1n) is 10.2. The molecule has 1 amide bonds. The molecule has 1 aromatic carbocycles. The number of nitrogens with one attached hydrogen (secondary N) is 1. The second kappa shape index (κ2) is 9.27. The van der Waals surface area contributed by atoms with Gasteiger partial charge in [-0.15, -0.1) is 0 Å². The van der Waals surface area contributed by atoms with Crippen molar-refractivity contribution in [1.82, 2.24) is 9.21 Å². The topological polar surface area (TPSA) is 139 Å². The number of benzene rings is 1. The molecule has 2 fully saturated rings. The van der Waals surface area contributed by atoms with E-state index in [1.54, 1.807) is 0 Å². The van der Waals surface area contributed by atoms with E-state index in [0.717, 1.165) is 18.9 Å². The summed E-state index contributed by atoms with van der Waals surface area (Å²) in [5.74, 6) is -0.109. The molecule has 0 radical (unpaired) electrons. The highest BCUT2D eigenvalue weighted by Gasteiger charge is 2.31. The smallest absolute Gasteiger partial charge is 0.293 e. The van der Waals surface area contributed by atoms with Crippen molar-refractivity contribution in [3.63, 3.8) is 0 Å². The highest BCUT2D eigenvalue weighted by Crippen LogP contribution is 2.32. The Balaban J connectivity index is 1.74. The summed E-state index contributed by atoms with van der Waals surface area (Å²) < 4.78 is 27.4. The number of anilines is 1. The van der Waals surface area contributed by atoms with Gasteiger partial charge in [0.1, 0.15) is 5.69 Å². The Kier molecular flexibility index (Phi) is 6.94. The number of rotatable bonds is 7. The van der Waals surface area contributed by atoms with Crippen molar-refractivity contribution in [3.05, 3.63) is 28.3 Å². The molecule has 1 atom stereocenters. The summed E-state index contributed by atoms with van der Waals surface area (Å²) in [5, 5.41) is 14.8. The van der Waals surface area contributed by atoms with E-state index in [0.29, 0.717) is 44.7 Å². The van der Waals surface area contributed by atoms with Crippen LogP contribution in [-0.2, 0) is 14.8 Å². The Morgan fingerprint density at radius 1 is 1.27 bits per heavy atom. The van der Waals surface area contributed by atoms with Crippen LogP contribution in [0.2, 0.25) is 0 Å². The number of carbonyl (C=O) groups excluding carboxylic acids is 1. The van der Waals surface area contributed by atoms with Gasteiger partial charge in [-0.05, 0) is 43.7 Å². The standard InChI is InChI=1S/C19H29N5O5S/c1-14-3-2-8-23(12-14)30(28,29)16-4-5-17(18(11-16)24(26)27)21-15-6-9-22(10-7-15)13-19(20)25/h4-5,11,14-15,21H,2-3,6-10,12-13H2,1H3,(H2,20,25). The van der Waals surface area contributed by atoms with Crippen LogP contribution >= 0.6 is 0 Å². The van der Waals surface area contributed by atoms with Gasteiger partial charge >= 0.3 is 0 Å². The maximum Gasteiger partial charge on any atom is 0.293 e. The number of nitro benzene ring substituents is 1. The molecule has 0 saturated carbocycles. The van der Waals surface area contributed by atoms with Crippen LogP contribution in [0.5, 0.6) is 0 Å². The van der Waals surface area contributed by atoms with Gasteiger partial charge in [0.2, 0.25) is 15.9 Å². The molecule has 30 heavy (non-hydrogen) atoms. The Morgan fingerprint density at radius 2 is 1.97 bits per heavy atom. The Bertz CT molecular complexity index is 899. The van der Waals surface area contributed by atoms with Crippen LogP contribution in [0.4, 0.5) is 11.4 Å². The van der Waals surface area contributed by atoms with E-state index in [4.69, 9.17) is 5.73 Å². The zero-order valence-electron chi connectivity index (χ0n) is 17.1. The first kappa shape index (κ1) is 22.4. The molecule has 0 aromatic heterocycles. The molecule has 0 bridgehead atoms. The van der Waals surface area contributed by atoms with E-state index < -0.39 is 14.9 Å². The summed E-state index contributed by atoms with van der Waals surface area (Å²) in [7, 11) is -3.77. The molecule has 0 aliphatic carbocycles. The summed E-state index contributed by atoms with van der Waals surface area (Å²) in [5.41, 5.74) is 5.28. The van der Waals surface area contributed by atoms with Crippen molar-refractivity contribution < 1.29 is 18.1 Å². The van der Waals surface area contributed by atoms with Gasteiger partial charge in [0.25, 0.3) is 5.69 Å². The van der Waals surface area contributed by atoms with Gasteiger partial charge < -0.3 is 11.1 Å². The molecule has 166 valence electrons. The van der Waals surface area contributed by atoms with Crippen LogP contribution in [0, 0.1) is 16.0 Å². The lowest BCUT2D eigenvalue weighted by molar-refractivity contribution is -0.384. The van der Waals surface area contributed by atoms with Gasteiger partial charge in [0.05, 0.1) is 16.4 Å². The predicted molar refractivity (Wildman–Crippen MR) is 113 cm³/mol. The first-order valence-corrected chi connectivity index (χ1v) is 11.7. The average Bonchev–Trinajstić information content (AvgIpc) is 2.69. The number of nitrogens with zero attached hydrogens (tertiary/aromatic N) is 3. The minimum Gasteiger partial charge on any atom is -0.377 e. The summed E-state index contributed by atoms with van der Waals surface area (Å²) >= 11 is 0. The number of hydrogen-bond donors (Lipinski definition) is 2. The minimum absolute atomic E-state index is 0.00164. The molecule has 2 aliphatic heterocycles. The van der Waals surface area contributed by atoms with E-state index in [-0.39, 0.29) is 35.0 Å². The van der Waals surface area contributed by atoms with Crippen molar-refractivity contribution in [3.8, 4) is 0 Å². The van der Waals surface area contributed by atoms with E-state index in [9.17, 15) is 23.3 Å². The highest BCUT2D eigenvalue weighted by atomic mass is 32.2. The minimum atomic E-state index is -3.77. The number of nitro groups is 1. The number of hydrogen-bond acceptors (Lipinski definition) is 7. The zero-order chi connectivity index (χ0) is 21.9. The molecule has 11 heteroatoms. The quantitative estimate of drug-likeness (QED) is 0.483. The van der Waals surface area contributed by atoms with Crippen LogP contribution in [-0.4, -0.2) is 67.2 Å². The van der Waals surface area contributed by atoms with Crippen molar-refractivity contribution in [2.45, 2.75) is 43.5 Å². The molecular weight excluding hydrogens is 410 g/mol. The van der Waals surface area contributed by atoms with Crippen molar-refractivity contribution >= 4 is 27.3 Å². The lowest BCUT2D eigenvalue weighted by Gasteiger charge is -2.32. The van der Waals surface area contributed by atoms with E-state index >= 15 is 0 Å². The lowest BCUT2D eigenvalue weighted by Crippen LogP contribution is -2.43. The van der Waals surface area contributed by atoms with E-state index in [1.165, 1.54) is 16.4 Å². The van der Waals surface area contributed by atoms with Crippen LogP contribution in [0.1, 0.15) is 32.6 Å². The second-order valence-electron chi connectivity index (χ2n) is 8.21. The number of piperidine rings is 2. The molecular formula is C19H29N5O5S. The molecule has 1 unspecified atom stereocenters. The van der Waals surface area contributed by atoms with Gasteiger partial charge in [0.15, 0.2) is 0 Å². The third-order valence-corrected chi connectivity index (χ3v) is 7.61. The highest BCUT2D eigenvalue weighted by molar-refractivity contribution is 7.89. The Morgan fingerprint density at radius 3 is 2.57 bits per heavy atom. The first-order chi connectivity index (χ1) is 14.2. The number of likely N-dealkylation sites (tertiary alicyclic amines) is 1. The predicted octanol–water partition coefficient (Wildman–Crippen LogP) is 1.38. The SMILES string of the molecule is CC1CCCN(S(=O)(=O)c2ccc(NC3CCN(CC(N)=O)CC3)c([N+](=O)[O-])c2)C1. The fraction of sp³-hybridized carbons (Fsp3) is 0.632. The van der Waals surface area contributed by atoms with Gasteiger partial charge in [-0.1, -0.05) is 6.92 Å². The maximum atomic E-state index is 13.0. The van der Waals surface area contributed by atoms with Gasteiger partial charge in [-0.2, -0.15) is 4.31 Å².